The highest BCUT2D eigenvalue weighted by molar-refractivity contribution is 5.94. The van der Waals surface area contributed by atoms with E-state index in [2.05, 4.69) is 5.32 Å². The molecule has 0 aliphatic carbocycles. The first-order valence-electron chi connectivity index (χ1n) is 7.26. The fourth-order valence-corrected chi connectivity index (χ4v) is 1.92. The molecule has 0 radical (unpaired) electrons. The van der Waals surface area contributed by atoms with Crippen molar-refractivity contribution in [1.82, 2.24) is 0 Å². The Morgan fingerprint density at radius 3 is 2.48 bits per heavy atom. The van der Waals surface area contributed by atoms with Crippen LogP contribution in [0.15, 0.2) is 36.4 Å². The number of carbonyl (C=O) groups is 2. The van der Waals surface area contributed by atoms with Crippen LogP contribution in [0.3, 0.4) is 0 Å². The average Bonchev–Trinajstić information content (AvgIpc) is 2.61. The standard InChI is InChI=1S/C17H14F3NO4/c1-2-24-17(23)10-5-3-4-6-13(10)25-9-14(22)21-12-8-7-11(18)15(19)16(12)20/h3-8H,2,9H2,1H3,(H,21,22). The summed E-state index contributed by atoms with van der Waals surface area (Å²) in [6, 6.07) is 7.67. The van der Waals surface area contributed by atoms with Gasteiger partial charge in [0.15, 0.2) is 24.1 Å². The lowest BCUT2D eigenvalue weighted by Gasteiger charge is -2.11. The zero-order valence-electron chi connectivity index (χ0n) is 13.1. The third-order valence-electron chi connectivity index (χ3n) is 3.05. The first-order valence-corrected chi connectivity index (χ1v) is 7.26. The van der Waals surface area contributed by atoms with Gasteiger partial charge in [0.05, 0.1) is 12.3 Å². The molecule has 5 nitrogen and oxygen atoms in total. The Hall–Kier alpha value is -3.03. The Morgan fingerprint density at radius 1 is 1.04 bits per heavy atom. The van der Waals surface area contributed by atoms with E-state index in [9.17, 15) is 22.8 Å². The second-order valence-electron chi connectivity index (χ2n) is 4.78. The van der Waals surface area contributed by atoms with E-state index < -0.39 is 41.6 Å². The normalized spacial score (nSPS) is 10.2. The second-order valence-corrected chi connectivity index (χ2v) is 4.78. The van der Waals surface area contributed by atoms with Crippen molar-refractivity contribution < 1.29 is 32.2 Å². The highest BCUT2D eigenvalue weighted by Gasteiger charge is 2.17. The highest BCUT2D eigenvalue weighted by atomic mass is 19.2. The van der Waals surface area contributed by atoms with Crippen molar-refractivity contribution in [1.29, 1.82) is 0 Å². The van der Waals surface area contributed by atoms with E-state index in [0.717, 1.165) is 6.07 Å². The van der Waals surface area contributed by atoms with Gasteiger partial charge in [-0.3, -0.25) is 4.79 Å². The number of hydrogen-bond acceptors (Lipinski definition) is 4. The number of benzene rings is 2. The topological polar surface area (TPSA) is 64.6 Å². The lowest BCUT2D eigenvalue weighted by Crippen LogP contribution is -2.22. The van der Waals surface area contributed by atoms with Gasteiger partial charge in [0, 0.05) is 0 Å². The van der Waals surface area contributed by atoms with E-state index in [-0.39, 0.29) is 17.9 Å². The van der Waals surface area contributed by atoms with Crippen molar-refractivity contribution >= 4 is 17.6 Å². The minimum absolute atomic E-state index is 0.0989. The molecule has 0 heterocycles. The van der Waals surface area contributed by atoms with Crippen LogP contribution < -0.4 is 10.1 Å². The van der Waals surface area contributed by atoms with Crippen LogP contribution in [-0.2, 0) is 9.53 Å². The van der Waals surface area contributed by atoms with Crippen molar-refractivity contribution in [3.05, 3.63) is 59.4 Å². The van der Waals surface area contributed by atoms with E-state index in [1.165, 1.54) is 12.1 Å². The van der Waals surface area contributed by atoms with Gasteiger partial charge in [-0.1, -0.05) is 12.1 Å². The Labute approximate surface area is 141 Å². The molecule has 0 aliphatic heterocycles. The van der Waals surface area contributed by atoms with Gasteiger partial charge >= 0.3 is 5.97 Å². The molecule has 0 aliphatic rings. The zero-order valence-corrected chi connectivity index (χ0v) is 13.1. The first kappa shape index (κ1) is 18.3. The van der Waals surface area contributed by atoms with Crippen molar-refractivity contribution in [2.24, 2.45) is 0 Å². The molecule has 0 unspecified atom stereocenters. The Balaban J connectivity index is 2.04. The molecule has 132 valence electrons. The van der Waals surface area contributed by atoms with Gasteiger partial charge in [-0.2, -0.15) is 0 Å². The molecule has 2 rings (SSSR count). The number of anilines is 1. The number of halogens is 3. The molecule has 0 atom stereocenters. The molecule has 2 aromatic rings. The summed E-state index contributed by atoms with van der Waals surface area (Å²) in [5.74, 6) is -5.91. The number of para-hydroxylation sites is 1. The minimum Gasteiger partial charge on any atom is -0.483 e. The smallest absolute Gasteiger partial charge is 0.341 e. The summed E-state index contributed by atoms with van der Waals surface area (Å²) in [7, 11) is 0. The van der Waals surface area contributed by atoms with Crippen LogP contribution in [0.25, 0.3) is 0 Å². The van der Waals surface area contributed by atoms with Crippen LogP contribution in [-0.4, -0.2) is 25.1 Å². The van der Waals surface area contributed by atoms with Gasteiger partial charge < -0.3 is 14.8 Å². The lowest BCUT2D eigenvalue weighted by molar-refractivity contribution is -0.118. The molecule has 0 saturated heterocycles. The number of nitrogens with one attached hydrogen (secondary N) is 1. The number of hydrogen-bond donors (Lipinski definition) is 1. The first-order chi connectivity index (χ1) is 11.9. The molecule has 0 fully saturated rings. The van der Waals surface area contributed by atoms with Gasteiger partial charge in [0.2, 0.25) is 0 Å². The van der Waals surface area contributed by atoms with E-state index in [1.807, 2.05) is 0 Å². The lowest BCUT2D eigenvalue weighted by atomic mass is 10.2. The summed E-state index contributed by atoms with van der Waals surface area (Å²) in [4.78, 5) is 23.6. The molecule has 0 bridgehead atoms. The van der Waals surface area contributed by atoms with Crippen LogP contribution in [0.1, 0.15) is 17.3 Å². The maximum Gasteiger partial charge on any atom is 0.341 e. The van der Waals surface area contributed by atoms with Crippen LogP contribution >= 0.6 is 0 Å². The molecule has 1 N–H and O–H groups in total. The third-order valence-corrected chi connectivity index (χ3v) is 3.05. The summed E-state index contributed by atoms with van der Waals surface area (Å²) in [5, 5.41) is 2.06. The molecule has 0 spiro atoms. The minimum atomic E-state index is -1.69. The van der Waals surface area contributed by atoms with Crippen LogP contribution in [0.5, 0.6) is 5.75 Å². The maximum atomic E-state index is 13.5. The zero-order chi connectivity index (χ0) is 18.4. The summed E-state index contributed by atoms with van der Waals surface area (Å²) >= 11 is 0. The molecule has 0 aromatic heterocycles. The van der Waals surface area contributed by atoms with Gasteiger partial charge in [0.1, 0.15) is 11.3 Å². The van der Waals surface area contributed by atoms with Gasteiger partial charge in [-0.25, -0.2) is 18.0 Å². The highest BCUT2D eigenvalue weighted by Crippen LogP contribution is 2.21. The van der Waals surface area contributed by atoms with E-state index >= 15 is 0 Å². The van der Waals surface area contributed by atoms with Crippen LogP contribution in [0, 0.1) is 17.5 Å². The van der Waals surface area contributed by atoms with Crippen LogP contribution in [0.2, 0.25) is 0 Å². The fraction of sp³-hybridized carbons (Fsp3) is 0.176. The number of amides is 1. The average molecular weight is 353 g/mol. The predicted molar refractivity (Wildman–Crippen MR) is 82.8 cm³/mol. The molecule has 0 saturated carbocycles. The number of rotatable bonds is 6. The maximum absolute atomic E-state index is 13.5. The number of esters is 1. The quantitative estimate of drug-likeness (QED) is 0.639. The SMILES string of the molecule is CCOC(=O)c1ccccc1OCC(=O)Nc1ccc(F)c(F)c1F. The monoisotopic (exact) mass is 353 g/mol. The third kappa shape index (κ3) is 4.50. The summed E-state index contributed by atoms with van der Waals surface area (Å²) in [6.45, 7) is 1.24. The molecular formula is C17H14F3NO4. The number of carbonyl (C=O) groups excluding carboxylic acids is 2. The largest absolute Gasteiger partial charge is 0.483 e. The molecule has 25 heavy (non-hydrogen) atoms. The van der Waals surface area contributed by atoms with E-state index in [1.54, 1.807) is 19.1 Å². The summed E-state index contributed by atoms with van der Waals surface area (Å²) in [6.07, 6.45) is 0. The molecule has 1 amide bonds. The van der Waals surface area contributed by atoms with Crippen LogP contribution in [0.4, 0.5) is 18.9 Å². The van der Waals surface area contributed by atoms with Gasteiger partial charge in [0.25, 0.3) is 5.91 Å². The Kier molecular flexibility index (Phi) is 5.99. The van der Waals surface area contributed by atoms with Gasteiger partial charge in [-0.05, 0) is 31.2 Å². The van der Waals surface area contributed by atoms with Crippen molar-refractivity contribution in [3.8, 4) is 5.75 Å². The molecular weight excluding hydrogens is 339 g/mol. The van der Waals surface area contributed by atoms with Crippen molar-refractivity contribution in [3.63, 3.8) is 0 Å². The fourth-order valence-electron chi connectivity index (χ4n) is 1.92. The molecule has 8 heteroatoms. The van der Waals surface area contributed by atoms with E-state index in [4.69, 9.17) is 9.47 Å². The second kappa shape index (κ2) is 8.18. The van der Waals surface area contributed by atoms with Crippen molar-refractivity contribution in [2.45, 2.75) is 6.92 Å². The number of ether oxygens (including phenoxy) is 2. The molecule has 2 aromatic carbocycles. The summed E-state index contributed by atoms with van der Waals surface area (Å²) in [5.41, 5.74) is -0.401. The Morgan fingerprint density at radius 2 is 1.76 bits per heavy atom. The summed E-state index contributed by atoms with van der Waals surface area (Å²) < 4.78 is 49.6. The van der Waals surface area contributed by atoms with Gasteiger partial charge in [-0.15, -0.1) is 0 Å². The Bertz CT molecular complexity index is 795. The van der Waals surface area contributed by atoms with E-state index in [0.29, 0.717) is 6.07 Å². The van der Waals surface area contributed by atoms with Crippen molar-refractivity contribution in [2.75, 3.05) is 18.5 Å². The predicted octanol–water partition coefficient (Wildman–Crippen LogP) is 3.30.